The number of aromatic hydroxyl groups is 1. The first-order valence-corrected chi connectivity index (χ1v) is 8.28. The van der Waals surface area contributed by atoms with Gasteiger partial charge in [0, 0.05) is 6.92 Å². The molecule has 0 aliphatic carbocycles. The Balaban J connectivity index is 1.96. The molecule has 2 heterocycles. The number of fused-ring (bicyclic) bond motifs is 1. The van der Waals surface area contributed by atoms with Gasteiger partial charge in [0.1, 0.15) is 11.4 Å². The van der Waals surface area contributed by atoms with Crippen molar-refractivity contribution in [2.45, 2.75) is 13.8 Å². The van der Waals surface area contributed by atoms with E-state index in [1.54, 1.807) is 17.6 Å². The minimum Gasteiger partial charge on any atom is -0.492 e. The molecule has 0 aliphatic heterocycles. The van der Waals surface area contributed by atoms with Gasteiger partial charge >= 0.3 is 10.0 Å². The zero-order chi connectivity index (χ0) is 14.8. The number of nitrogens with zero attached hydrogens (tertiary/aromatic N) is 2. The Kier molecular flexibility index (Phi) is 3.90. The summed E-state index contributed by atoms with van der Waals surface area (Å²) >= 11 is 3.14. The first-order chi connectivity index (χ1) is 10.2. The van der Waals surface area contributed by atoms with Crippen molar-refractivity contribution in [3.8, 4) is 11.6 Å². The van der Waals surface area contributed by atoms with Gasteiger partial charge in [0.05, 0.1) is 18.2 Å². The molecule has 3 aromatic rings. The van der Waals surface area contributed by atoms with Gasteiger partial charge in [0.15, 0.2) is 10.6 Å². The lowest BCUT2D eigenvalue weighted by Crippen LogP contribution is -2.18. The van der Waals surface area contributed by atoms with Gasteiger partial charge in [-0.3, -0.25) is 4.99 Å². The molecule has 0 saturated carbocycles. The van der Waals surface area contributed by atoms with Crippen LogP contribution < -0.4 is 9.14 Å². The molecule has 21 heavy (non-hydrogen) atoms. The molecule has 0 atom stereocenters. The maximum Gasteiger partial charge on any atom is 0.392 e. The highest BCUT2D eigenvalue weighted by Crippen LogP contribution is 2.29. The molecule has 4 nitrogen and oxygen atoms in total. The van der Waals surface area contributed by atoms with Gasteiger partial charge < -0.3 is 9.84 Å². The summed E-state index contributed by atoms with van der Waals surface area (Å²) in [6, 6.07) is 7.62. The summed E-state index contributed by atoms with van der Waals surface area (Å²) in [4.78, 5) is 5.20. The number of para-hydroxylation sites is 2. The Morgan fingerprint density at radius 3 is 2.95 bits per heavy atom. The monoisotopic (exact) mass is 319 g/mol. The van der Waals surface area contributed by atoms with Crippen LogP contribution in [0.15, 0.2) is 34.6 Å². The summed E-state index contributed by atoms with van der Waals surface area (Å²) in [7, 11) is 0. The molecule has 0 spiro atoms. The Hall–Kier alpha value is -1.92. The highest BCUT2D eigenvalue weighted by atomic mass is 32.2. The zero-order valence-corrected chi connectivity index (χ0v) is 13.4. The van der Waals surface area contributed by atoms with Gasteiger partial charge in [-0.1, -0.05) is 23.5 Å². The zero-order valence-electron chi connectivity index (χ0n) is 11.7. The number of aliphatic imine (C=N–C) groups is 1. The maximum atomic E-state index is 10.3. The van der Waals surface area contributed by atoms with Gasteiger partial charge in [-0.05, 0) is 30.4 Å². The SMILES string of the molecule is CCOc1ccccc1N=Cc1sc2scc(C)[n+]2c1O. The molecule has 0 unspecified atom stereocenters. The van der Waals surface area contributed by atoms with Crippen molar-refractivity contribution < 1.29 is 14.2 Å². The maximum absolute atomic E-state index is 10.3. The van der Waals surface area contributed by atoms with E-state index < -0.39 is 0 Å². The van der Waals surface area contributed by atoms with Gasteiger partial charge in [0.25, 0.3) is 0 Å². The van der Waals surface area contributed by atoms with Crippen molar-refractivity contribution >= 4 is 38.7 Å². The van der Waals surface area contributed by atoms with Crippen molar-refractivity contribution in [2.75, 3.05) is 6.61 Å². The fourth-order valence-electron chi connectivity index (χ4n) is 2.01. The number of rotatable bonds is 4. The van der Waals surface area contributed by atoms with E-state index in [0.717, 1.165) is 26.2 Å². The van der Waals surface area contributed by atoms with Gasteiger partial charge in [0.2, 0.25) is 0 Å². The second-order valence-corrected chi connectivity index (χ2v) is 6.57. The van der Waals surface area contributed by atoms with Crippen LogP contribution in [0.3, 0.4) is 0 Å². The number of ether oxygens (including phenoxy) is 1. The summed E-state index contributed by atoms with van der Waals surface area (Å²) in [6.45, 7) is 4.52. The lowest BCUT2D eigenvalue weighted by atomic mass is 10.3. The highest BCUT2D eigenvalue weighted by Gasteiger charge is 2.23. The highest BCUT2D eigenvalue weighted by molar-refractivity contribution is 7.35. The topological polar surface area (TPSA) is 45.9 Å². The molecule has 0 aliphatic rings. The summed E-state index contributed by atoms with van der Waals surface area (Å²) in [5.74, 6) is 0.990. The van der Waals surface area contributed by atoms with E-state index in [-0.39, 0.29) is 5.88 Å². The third kappa shape index (κ3) is 2.64. The second kappa shape index (κ2) is 5.83. The van der Waals surface area contributed by atoms with Gasteiger partial charge in [-0.2, -0.15) is 0 Å². The van der Waals surface area contributed by atoms with Crippen molar-refractivity contribution in [2.24, 2.45) is 4.99 Å². The summed E-state index contributed by atoms with van der Waals surface area (Å²) in [5.41, 5.74) is 1.79. The summed E-state index contributed by atoms with van der Waals surface area (Å²) in [6.07, 6.45) is 1.69. The number of thiazole rings is 2. The van der Waals surface area contributed by atoms with Crippen LogP contribution in [-0.2, 0) is 0 Å². The van der Waals surface area contributed by atoms with E-state index in [0.29, 0.717) is 6.61 Å². The number of hydrogen-bond acceptors (Lipinski definition) is 5. The van der Waals surface area contributed by atoms with Crippen LogP contribution in [0.4, 0.5) is 5.69 Å². The fourth-order valence-corrected chi connectivity index (χ4v) is 4.13. The first kappa shape index (κ1) is 14.0. The van der Waals surface area contributed by atoms with Gasteiger partial charge in [-0.25, -0.2) is 0 Å². The molecular weight excluding hydrogens is 304 g/mol. The molecule has 2 aromatic heterocycles. The van der Waals surface area contributed by atoms with Crippen molar-refractivity contribution in [1.82, 2.24) is 0 Å². The molecule has 0 radical (unpaired) electrons. The summed E-state index contributed by atoms with van der Waals surface area (Å²) < 4.78 is 8.43. The molecule has 0 fully saturated rings. The second-order valence-electron chi connectivity index (χ2n) is 4.43. The predicted molar refractivity (Wildman–Crippen MR) is 86.6 cm³/mol. The predicted octanol–water partition coefficient (Wildman–Crippen LogP) is 3.71. The smallest absolute Gasteiger partial charge is 0.392 e. The molecule has 0 saturated heterocycles. The van der Waals surface area contributed by atoms with E-state index >= 15 is 0 Å². The Labute approximate surface area is 130 Å². The van der Waals surface area contributed by atoms with E-state index in [1.807, 2.05) is 47.9 Å². The number of aryl methyl sites for hydroxylation is 1. The Bertz CT molecular complexity index is 805. The average Bonchev–Trinajstić information content (AvgIpc) is 3.00. The lowest BCUT2D eigenvalue weighted by molar-refractivity contribution is -0.521. The normalized spacial score (nSPS) is 11.5. The van der Waals surface area contributed by atoms with Crippen molar-refractivity contribution in [3.63, 3.8) is 0 Å². The van der Waals surface area contributed by atoms with Crippen LogP contribution in [0.5, 0.6) is 11.6 Å². The molecule has 3 rings (SSSR count). The minimum absolute atomic E-state index is 0.242. The largest absolute Gasteiger partial charge is 0.492 e. The molecule has 1 aromatic carbocycles. The van der Waals surface area contributed by atoms with E-state index in [4.69, 9.17) is 4.74 Å². The van der Waals surface area contributed by atoms with Crippen LogP contribution in [0.1, 0.15) is 17.5 Å². The van der Waals surface area contributed by atoms with Gasteiger partial charge in [-0.15, -0.1) is 4.40 Å². The number of benzene rings is 1. The molecule has 6 heteroatoms. The Morgan fingerprint density at radius 1 is 1.38 bits per heavy atom. The third-order valence-corrected chi connectivity index (χ3v) is 5.23. The molecule has 1 N–H and O–H groups in total. The fraction of sp³-hybridized carbons (Fsp3) is 0.200. The van der Waals surface area contributed by atoms with Crippen LogP contribution in [0.2, 0.25) is 0 Å². The number of hydrogen-bond donors (Lipinski definition) is 1. The Morgan fingerprint density at radius 2 is 2.19 bits per heavy atom. The van der Waals surface area contributed by atoms with Crippen LogP contribution in [0.25, 0.3) is 4.14 Å². The van der Waals surface area contributed by atoms with E-state index in [9.17, 15) is 5.11 Å². The first-order valence-electron chi connectivity index (χ1n) is 6.58. The van der Waals surface area contributed by atoms with Crippen molar-refractivity contribution in [3.05, 3.63) is 40.2 Å². The quantitative estimate of drug-likeness (QED) is 0.588. The standard InChI is InChI=1S/C15H14N2O2S2/c1-3-19-12-7-5-4-6-11(12)16-8-13-14(18)17-10(2)9-20-15(17)21-13/h4-9H,3H2,1-2H3/p+1. The van der Waals surface area contributed by atoms with Crippen LogP contribution in [0, 0.1) is 6.92 Å². The lowest BCUT2D eigenvalue weighted by Gasteiger charge is -2.04. The minimum atomic E-state index is 0.242. The van der Waals surface area contributed by atoms with E-state index in [2.05, 4.69) is 4.99 Å². The van der Waals surface area contributed by atoms with Crippen molar-refractivity contribution in [1.29, 1.82) is 0 Å². The summed E-state index contributed by atoms with van der Waals surface area (Å²) in [5, 5.41) is 12.3. The molecule has 0 bridgehead atoms. The van der Waals surface area contributed by atoms with Crippen LogP contribution in [-0.4, -0.2) is 17.9 Å². The van der Waals surface area contributed by atoms with Crippen LogP contribution >= 0.6 is 22.7 Å². The average molecular weight is 319 g/mol. The van der Waals surface area contributed by atoms with E-state index in [1.165, 1.54) is 11.3 Å². The molecule has 108 valence electrons. The molecule has 0 amide bonds. The third-order valence-electron chi connectivity index (χ3n) is 2.98. The molecular formula is C15H15N2O2S2+. The number of aromatic nitrogens is 1.